The average Bonchev–Trinajstić information content (AvgIpc) is 3.45. The second-order valence-electron chi connectivity index (χ2n) is 9.97. The monoisotopic (exact) mass is 510 g/mol. The number of methoxy groups -OCH3 is 3. The summed E-state index contributed by atoms with van der Waals surface area (Å²) < 4.78 is 23.8. The van der Waals surface area contributed by atoms with Gasteiger partial charge in [-0.2, -0.15) is 5.26 Å². The lowest BCUT2D eigenvalue weighted by atomic mass is 9.97. The van der Waals surface area contributed by atoms with Crippen molar-refractivity contribution in [3.63, 3.8) is 0 Å². The molecular weight excluding hydrogens is 476 g/mol. The standard InChI is InChI=1S/C26H34N6O5/c1-26(2,3)37-25(33)31-9-7-16(8-10-31)14-28-24-21(30-23-18(13-27)15-29-32(23)24)17-11-19(34-4)22(36-6)20(12-17)35-5/h11-12,15-16,28-29H,7-10,14H2,1-6H3. The number of carbonyl (C=O) groups is 1. The van der Waals surface area contributed by atoms with Gasteiger partial charge < -0.3 is 29.2 Å². The number of rotatable bonds is 7. The summed E-state index contributed by atoms with van der Waals surface area (Å²) in [7, 11) is 4.68. The van der Waals surface area contributed by atoms with Crippen molar-refractivity contribution in [2.45, 2.75) is 39.2 Å². The third-order valence-corrected chi connectivity index (χ3v) is 6.34. The van der Waals surface area contributed by atoms with E-state index in [0.717, 1.165) is 24.2 Å². The zero-order valence-electron chi connectivity index (χ0n) is 22.2. The van der Waals surface area contributed by atoms with Gasteiger partial charge in [-0.15, -0.1) is 0 Å². The number of benzene rings is 1. The lowest BCUT2D eigenvalue weighted by Gasteiger charge is -2.33. The number of amides is 1. The van der Waals surface area contributed by atoms with Crippen molar-refractivity contribution in [2.24, 2.45) is 5.92 Å². The number of aromatic amines is 1. The third-order valence-electron chi connectivity index (χ3n) is 6.34. The summed E-state index contributed by atoms with van der Waals surface area (Å²) in [6.45, 7) is 7.58. The quantitative estimate of drug-likeness (QED) is 0.482. The molecule has 0 aliphatic carbocycles. The van der Waals surface area contributed by atoms with E-state index in [1.165, 1.54) is 0 Å². The first kappa shape index (κ1) is 26.0. The van der Waals surface area contributed by atoms with E-state index in [9.17, 15) is 10.1 Å². The second-order valence-corrected chi connectivity index (χ2v) is 9.97. The molecule has 0 unspecified atom stereocenters. The summed E-state index contributed by atoms with van der Waals surface area (Å²) in [5.41, 5.74) is 1.84. The number of ether oxygens (including phenoxy) is 4. The number of nitrogens with zero attached hydrogens (tertiary/aromatic N) is 4. The Balaban J connectivity index is 1.58. The number of fused-ring (bicyclic) bond motifs is 1. The number of nitrogens with one attached hydrogen (secondary N) is 2. The molecule has 0 atom stereocenters. The summed E-state index contributed by atoms with van der Waals surface area (Å²) >= 11 is 0. The van der Waals surface area contributed by atoms with Crippen LogP contribution in [-0.2, 0) is 4.74 Å². The molecule has 11 nitrogen and oxygen atoms in total. The van der Waals surface area contributed by atoms with Crippen molar-refractivity contribution in [3.05, 3.63) is 23.9 Å². The average molecular weight is 511 g/mol. The van der Waals surface area contributed by atoms with Crippen LogP contribution in [0.25, 0.3) is 16.9 Å². The van der Waals surface area contributed by atoms with Crippen LogP contribution in [-0.4, -0.2) is 72.2 Å². The van der Waals surface area contributed by atoms with Crippen LogP contribution < -0.4 is 19.5 Å². The molecule has 11 heteroatoms. The van der Waals surface area contributed by atoms with Crippen LogP contribution in [0.5, 0.6) is 17.2 Å². The molecule has 0 bridgehead atoms. The summed E-state index contributed by atoms with van der Waals surface area (Å²) in [5, 5.41) is 16.2. The molecule has 0 radical (unpaired) electrons. The predicted molar refractivity (Wildman–Crippen MR) is 138 cm³/mol. The maximum atomic E-state index is 12.4. The largest absolute Gasteiger partial charge is 0.493 e. The van der Waals surface area contributed by atoms with E-state index in [4.69, 9.17) is 23.9 Å². The van der Waals surface area contributed by atoms with Gasteiger partial charge in [-0.3, -0.25) is 5.10 Å². The number of hydrogen-bond acceptors (Lipinski definition) is 8. The minimum atomic E-state index is -0.510. The fourth-order valence-electron chi connectivity index (χ4n) is 4.47. The van der Waals surface area contributed by atoms with E-state index in [2.05, 4.69) is 16.5 Å². The summed E-state index contributed by atoms with van der Waals surface area (Å²) in [4.78, 5) is 19.0. The Kier molecular flexibility index (Phi) is 7.38. The van der Waals surface area contributed by atoms with Gasteiger partial charge in [0.2, 0.25) is 5.75 Å². The lowest BCUT2D eigenvalue weighted by Crippen LogP contribution is -2.42. The van der Waals surface area contributed by atoms with Gasteiger partial charge >= 0.3 is 6.09 Å². The smallest absolute Gasteiger partial charge is 0.410 e. The number of carbonyl (C=O) groups excluding carboxylic acids is 1. The van der Waals surface area contributed by atoms with Crippen molar-refractivity contribution < 1.29 is 23.7 Å². The van der Waals surface area contributed by atoms with Crippen molar-refractivity contribution >= 4 is 17.6 Å². The van der Waals surface area contributed by atoms with Gasteiger partial charge in [0.1, 0.15) is 22.9 Å². The van der Waals surface area contributed by atoms with Gasteiger partial charge in [-0.1, -0.05) is 0 Å². The number of piperidine rings is 1. The Hall–Kier alpha value is -4.07. The van der Waals surface area contributed by atoms with Crippen molar-refractivity contribution in [2.75, 3.05) is 46.3 Å². The number of H-pyrrole nitrogens is 1. The van der Waals surface area contributed by atoms with Crippen LogP contribution in [0.2, 0.25) is 0 Å². The van der Waals surface area contributed by atoms with Gasteiger partial charge in [0.05, 0.1) is 21.3 Å². The molecule has 4 rings (SSSR count). The fourth-order valence-corrected chi connectivity index (χ4v) is 4.47. The van der Waals surface area contributed by atoms with Crippen molar-refractivity contribution in [1.29, 1.82) is 5.26 Å². The van der Waals surface area contributed by atoms with Gasteiger partial charge in [0, 0.05) is 31.4 Å². The number of likely N-dealkylation sites (tertiary alicyclic amines) is 1. The Morgan fingerprint density at radius 1 is 1.16 bits per heavy atom. The van der Waals surface area contributed by atoms with Crippen LogP contribution in [0.15, 0.2) is 18.3 Å². The van der Waals surface area contributed by atoms with Crippen LogP contribution >= 0.6 is 0 Å². The van der Waals surface area contributed by atoms with Crippen LogP contribution in [0.4, 0.5) is 10.6 Å². The zero-order chi connectivity index (χ0) is 26.7. The lowest BCUT2D eigenvalue weighted by molar-refractivity contribution is 0.0188. The molecule has 3 heterocycles. The topological polar surface area (TPSA) is 126 Å². The molecule has 1 aliphatic rings. The predicted octanol–water partition coefficient (Wildman–Crippen LogP) is 4.29. The molecule has 0 saturated carbocycles. The number of anilines is 1. The number of hydrogen-bond donors (Lipinski definition) is 2. The normalized spacial score (nSPS) is 14.4. The van der Waals surface area contributed by atoms with Crippen molar-refractivity contribution in [3.8, 4) is 34.6 Å². The maximum Gasteiger partial charge on any atom is 0.410 e. The van der Waals surface area contributed by atoms with E-state index in [1.54, 1.807) is 36.9 Å². The Morgan fingerprint density at radius 3 is 2.35 bits per heavy atom. The van der Waals surface area contributed by atoms with Crippen LogP contribution in [0, 0.1) is 17.2 Å². The summed E-state index contributed by atoms with van der Waals surface area (Å²) in [5.74, 6) is 2.58. The highest BCUT2D eigenvalue weighted by Gasteiger charge is 2.28. The molecule has 3 aromatic rings. The number of nitriles is 1. The van der Waals surface area contributed by atoms with Gasteiger partial charge in [0.25, 0.3) is 0 Å². The third kappa shape index (κ3) is 5.38. The zero-order valence-corrected chi connectivity index (χ0v) is 22.2. The van der Waals surface area contributed by atoms with E-state index >= 15 is 0 Å². The molecule has 1 aromatic carbocycles. The highest BCUT2D eigenvalue weighted by molar-refractivity contribution is 5.80. The Bertz CT molecular complexity index is 1280. The molecule has 0 spiro atoms. The van der Waals surface area contributed by atoms with E-state index in [0.29, 0.717) is 59.7 Å². The van der Waals surface area contributed by atoms with E-state index in [-0.39, 0.29) is 6.09 Å². The molecule has 37 heavy (non-hydrogen) atoms. The number of imidazole rings is 1. The highest BCUT2D eigenvalue weighted by atomic mass is 16.6. The molecule has 1 saturated heterocycles. The first-order chi connectivity index (χ1) is 17.7. The molecule has 1 fully saturated rings. The van der Waals surface area contributed by atoms with Crippen LogP contribution in [0.3, 0.4) is 0 Å². The summed E-state index contributed by atoms with van der Waals surface area (Å²) in [6.07, 6.45) is 3.06. The van der Waals surface area contributed by atoms with Gasteiger partial charge in [0.15, 0.2) is 23.0 Å². The first-order valence-electron chi connectivity index (χ1n) is 12.2. The Morgan fingerprint density at radius 2 is 1.81 bits per heavy atom. The molecule has 1 amide bonds. The SMILES string of the molecule is COc1cc(-c2nc3c(C#N)c[nH]n3c2NCC2CCN(C(=O)OC(C)(C)C)CC2)cc(OC)c1OC. The Labute approximate surface area is 216 Å². The molecule has 2 N–H and O–H groups in total. The molecular formula is C26H34N6O5. The molecule has 198 valence electrons. The summed E-state index contributed by atoms with van der Waals surface area (Å²) in [6, 6.07) is 5.85. The van der Waals surface area contributed by atoms with E-state index in [1.807, 2.05) is 32.9 Å². The minimum Gasteiger partial charge on any atom is -0.493 e. The highest BCUT2D eigenvalue weighted by Crippen LogP contribution is 2.42. The molecule has 2 aromatic heterocycles. The minimum absolute atomic E-state index is 0.267. The van der Waals surface area contributed by atoms with Gasteiger partial charge in [-0.25, -0.2) is 14.3 Å². The van der Waals surface area contributed by atoms with E-state index < -0.39 is 5.60 Å². The number of aromatic nitrogens is 3. The van der Waals surface area contributed by atoms with Crippen LogP contribution in [0.1, 0.15) is 39.2 Å². The first-order valence-corrected chi connectivity index (χ1v) is 12.2. The van der Waals surface area contributed by atoms with Gasteiger partial charge in [-0.05, 0) is 51.7 Å². The maximum absolute atomic E-state index is 12.4. The second kappa shape index (κ2) is 10.5. The van der Waals surface area contributed by atoms with Crippen molar-refractivity contribution in [1.82, 2.24) is 19.5 Å². The molecule has 1 aliphatic heterocycles. The fraction of sp³-hybridized carbons (Fsp3) is 0.500.